The zero-order valence-corrected chi connectivity index (χ0v) is 6.07. The fourth-order valence-corrected chi connectivity index (χ4v) is 0.285. The van der Waals surface area contributed by atoms with Crippen molar-refractivity contribution < 1.29 is 27.5 Å². The van der Waals surface area contributed by atoms with Gasteiger partial charge in [-0.25, -0.2) is 4.79 Å². The number of amides is 1. The monoisotopic (exact) mass is 185 g/mol. The molecule has 0 aliphatic carbocycles. The lowest BCUT2D eigenvalue weighted by molar-refractivity contribution is -0.200. The Morgan fingerprint density at radius 3 is 2.25 bits per heavy atom. The quantitative estimate of drug-likeness (QED) is 0.493. The van der Waals surface area contributed by atoms with Crippen molar-refractivity contribution in [2.45, 2.75) is 13.1 Å². The van der Waals surface area contributed by atoms with E-state index in [1.807, 2.05) is 5.32 Å². The Labute approximate surface area is 65.7 Å². The molecule has 0 fully saturated rings. The molecule has 0 rings (SSSR count). The van der Waals surface area contributed by atoms with E-state index in [2.05, 4.69) is 4.74 Å². The van der Waals surface area contributed by atoms with Gasteiger partial charge < -0.3 is 10.1 Å². The van der Waals surface area contributed by atoms with Crippen LogP contribution in [-0.4, -0.2) is 24.8 Å². The molecule has 0 atom stereocenters. The van der Waals surface area contributed by atoms with E-state index in [1.54, 1.807) is 0 Å². The van der Waals surface area contributed by atoms with Crippen molar-refractivity contribution in [3.8, 4) is 0 Å². The van der Waals surface area contributed by atoms with Gasteiger partial charge >= 0.3 is 12.1 Å². The van der Waals surface area contributed by atoms with Crippen LogP contribution in [0.15, 0.2) is 0 Å². The summed E-state index contributed by atoms with van der Waals surface area (Å²) in [6.07, 6.45) is -5.02. The highest BCUT2D eigenvalue weighted by Gasteiger charge is 2.40. The summed E-state index contributed by atoms with van der Waals surface area (Å²) in [7, 11) is 0. The van der Waals surface area contributed by atoms with Gasteiger partial charge in [-0.05, 0) is 0 Å². The van der Waals surface area contributed by atoms with Crippen LogP contribution in [0.5, 0.6) is 0 Å². The third-order valence-electron chi connectivity index (χ3n) is 0.756. The van der Waals surface area contributed by atoms with Gasteiger partial charge in [0, 0.05) is 6.92 Å². The summed E-state index contributed by atoms with van der Waals surface area (Å²) < 4.78 is 37.8. The average Bonchev–Trinajstić information content (AvgIpc) is 1.84. The minimum Gasteiger partial charge on any atom is -0.438 e. The molecule has 4 nitrogen and oxygen atoms in total. The fraction of sp³-hybridized carbons (Fsp3) is 0.600. The van der Waals surface area contributed by atoms with Crippen LogP contribution < -0.4 is 5.32 Å². The van der Waals surface area contributed by atoms with Gasteiger partial charge in [-0.15, -0.1) is 0 Å². The lowest BCUT2D eigenvalue weighted by Gasteiger charge is -2.06. The largest absolute Gasteiger partial charge is 0.490 e. The van der Waals surface area contributed by atoms with Gasteiger partial charge in [0.1, 0.15) is 0 Å². The van der Waals surface area contributed by atoms with Crippen molar-refractivity contribution in [2.75, 3.05) is 6.73 Å². The van der Waals surface area contributed by atoms with Crippen LogP contribution in [0.1, 0.15) is 6.92 Å². The van der Waals surface area contributed by atoms with Crippen molar-refractivity contribution in [3.05, 3.63) is 0 Å². The minimum atomic E-state index is -5.02. The van der Waals surface area contributed by atoms with E-state index in [9.17, 15) is 22.8 Å². The Hall–Kier alpha value is -1.27. The van der Waals surface area contributed by atoms with E-state index in [1.165, 1.54) is 0 Å². The molecule has 0 aromatic rings. The van der Waals surface area contributed by atoms with Crippen LogP contribution in [0.2, 0.25) is 0 Å². The lowest BCUT2D eigenvalue weighted by Crippen LogP contribution is -2.31. The molecule has 0 aromatic heterocycles. The van der Waals surface area contributed by atoms with Crippen LogP contribution >= 0.6 is 0 Å². The number of nitrogens with one attached hydrogen (secondary N) is 1. The molecule has 12 heavy (non-hydrogen) atoms. The molecule has 0 saturated heterocycles. The minimum absolute atomic E-state index is 0.579. The molecule has 0 aliphatic rings. The summed E-state index contributed by atoms with van der Waals surface area (Å²) in [6, 6.07) is 0. The van der Waals surface area contributed by atoms with Gasteiger partial charge in [0.05, 0.1) is 0 Å². The van der Waals surface area contributed by atoms with Gasteiger partial charge in [0.2, 0.25) is 5.91 Å². The molecule has 7 heteroatoms. The van der Waals surface area contributed by atoms with Crippen LogP contribution in [0.3, 0.4) is 0 Å². The first-order valence-electron chi connectivity index (χ1n) is 2.82. The van der Waals surface area contributed by atoms with Crippen LogP contribution in [-0.2, 0) is 14.3 Å². The van der Waals surface area contributed by atoms with E-state index in [0.717, 1.165) is 6.92 Å². The molecule has 0 radical (unpaired) electrons. The normalized spacial score (nSPS) is 10.7. The average molecular weight is 185 g/mol. The highest BCUT2D eigenvalue weighted by molar-refractivity contribution is 5.76. The molecule has 1 amide bonds. The molecular formula is C5H6F3NO3. The third-order valence-corrected chi connectivity index (χ3v) is 0.756. The fourth-order valence-electron chi connectivity index (χ4n) is 0.285. The number of halogens is 3. The zero-order valence-electron chi connectivity index (χ0n) is 6.07. The predicted octanol–water partition coefficient (Wildman–Crippen LogP) is 0.185. The van der Waals surface area contributed by atoms with E-state index in [0.29, 0.717) is 0 Å². The van der Waals surface area contributed by atoms with E-state index in [4.69, 9.17) is 0 Å². The van der Waals surface area contributed by atoms with Crippen LogP contribution in [0.25, 0.3) is 0 Å². The van der Waals surface area contributed by atoms with Crippen molar-refractivity contribution >= 4 is 11.9 Å². The maximum absolute atomic E-state index is 11.4. The molecule has 0 heterocycles. The summed E-state index contributed by atoms with van der Waals surface area (Å²) in [5.41, 5.74) is 0. The number of carbonyl (C=O) groups excluding carboxylic acids is 2. The Bertz CT molecular complexity index is 189. The van der Waals surface area contributed by atoms with Crippen LogP contribution in [0.4, 0.5) is 13.2 Å². The molecule has 70 valence electrons. The Morgan fingerprint density at radius 2 is 1.92 bits per heavy atom. The first kappa shape index (κ1) is 10.7. The van der Waals surface area contributed by atoms with Gasteiger partial charge in [0.15, 0.2) is 6.73 Å². The van der Waals surface area contributed by atoms with Crippen molar-refractivity contribution in [2.24, 2.45) is 0 Å². The summed E-state index contributed by atoms with van der Waals surface area (Å²) in [5.74, 6) is -2.90. The van der Waals surface area contributed by atoms with Crippen molar-refractivity contribution in [3.63, 3.8) is 0 Å². The molecule has 1 N–H and O–H groups in total. The number of alkyl halides is 3. The van der Waals surface area contributed by atoms with E-state index in [-0.39, 0.29) is 0 Å². The second-order valence-corrected chi connectivity index (χ2v) is 1.81. The number of carbonyl (C=O) groups is 2. The molecule has 0 saturated carbocycles. The summed E-state index contributed by atoms with van der Waals surface area (Å²) in [4.78, 5) is 20.0. The van der Waals surface area contributed by atoms with Crippen molar-refractivity contribution in [1.82, 2.24) is 5.32 Å². The van der Waals surface area contributed by atoms with Gasteiger partial charge in [-0.3, -0.25) is 4.79 Å². The molecule has 0 aliphatic heterocycles. The lowest BCUT2D eigenvalue weighted by atomic mass is 10.7. The Morgan fingerprint density at radius 1 is 1.42 bits per heavy atom. The van der Waals surface area contributed by atoms with Gasteiger partial charge in [0.25, 0.3) is 0 Å². The summed E-state index contributed by atoms with van der Waals surface area (Å²) in [6.45, 7) is 0.315. The van der Waals surface area contributed by atoms with Gasteiger partial charge in [-0.2, -0.15) is 13.2 Å². The molecule has 0 aromatic carbocycles. The summed E-state index contributed by atoms with van der Waals surface area (Å²) in [5, 5.41) is 1.87. The first-order valence-corrected chi connectivity index (χ1v) is 2.82. The summed E-state index contributed by atoms with van der Waals surface area (Å²) >= 11 is 0. The standard InChI is InChI=1S/C5H6F3NO3/c1-3(10)9-2-12-4(11)5(6,7)8/h2H2,1H3,(H,9,10). The number of hydrogen-bond donors (Lipinski definition) is 1. The molecule has 0 spiro atoms. The SMILES string of the molecule is CC(=O)NCOC(=O)C(F)(F)F. The van der Waals surface area contributed by atoms with Crippen molar-refractivity contribution in [1.29, 1.82) is 0 Å². The molecule has 0 unspecified atom stereocenters. The first-order chi connectivity index (χ1) is 5.34. The predicted molar refractivity (Wildman–Crippen MR) is 30.8 cm³/mol. The van der Waals surface area contributed by atoms with E-state index >= 15 is 0 Å². The number of ether oxygens (including phenoxy) is 1. The molecular weight excluding hydrogens is 179 g/mol. The maximum Gasteiger partial charge on any atom is 0.490 e. The second-order valence-electron chi connectivity index (χ2n) is 1.81. The maximum atomic E-state index is 11.4. The topological polar surface area (TPSA) is 55.4 Å². The zero-order chi connectivity index (χ0) is 9.78. The smallest absolute Gasteiger partial charge is 0.438 e. The Kier molecular flexibility index (Phi) is 3.52. The van der Waals surface area contributed by atoms with E-state index < -0.39 is 24.8 Å². The third kappa shape index (κ3) is 4.53. The number of rotatable bonds is 2. The number of hydrogen-bond acceptors (Lipinski definition) is 3. The Balaban J connectivity index is 3.66. The highest BCUT2D eigenvalue weighted by Crippen LogP contribution is 2.15. The highest BCUT2D eigenvalue weighted by atomic mass is 19.4. The second kappa shape index (κ2) is 3.93. The molecule has 0 bridgehead atoms. The van der Waals surface area contributed by atoms with Gasteiger partial charge in [-0.1, -0.05) is 0 Å². The van der Waals surface area contributed by atoms with Crippen LogP contribution in [0, 0.1) is 0 Å². The number of esters is 1.